The van der Waals surface area contributed by atoms with Crippen molar-refractivity contribution in [1.29, 1.82) is 0 Å². The molecule has 3 heterocycles. The first-order valence-electron chi connectivity index (χ1n) is 13.2. The molecule has 2 aromatic carbocycles. The van der Waals surface area contributed by atoms with Crippen molar-refractivity contribution in [2.24, 2.45) is 0 Å². The molecule has 1 fully saturated rings. The highest BCUT2D eigenvalue weighted by Crippen LogP contribution is 2.38. The number of benzene rings is 2. The minimum atomic E-state index is 0.371. The summed E-state index contributed by atoms with van der Waals surface area (Å²) in [5, 5.41) is 15.2. The molecule has 5 rings (SSSR count). The van der Waals surface area contributed by atoms with Crippen LogP contribution in [-0.4, -0.2) is 52.5 Å². The van der Waals surface area contributed by atoms with E-state index in [4.69, 9.17) is 9.47 Å². The Bertz CT molecular complexity index is 1370. The van der Waals surface area contributed by atoms with Crippen LogP contribution in [0, 0.1) is 20.8 Å². The predicted octanol–water partition coefficient (Wildman–Crippen LogP) is 5.83. The summed E-state index contributed by atoms with van der Waals surface area (Å²) in [4.78, 5) is 2.54. The molecule has 1 N–H and O–H groups in total. The van der Waals surface area contributed by atoms with Crippen molar-refractivity contribution < 1.29 is 9.47 Å². The average molecular weight is 500 g/mol. The third-order valence-electron chi connectivity index (χ3n) is 7.42. The van der Waals surface area contributed by atoms with Gasteiger partial charge in [0.05, 0.1) is 25.1 Å². The molecule has 1 saturated heterocycles. The molecule has 7 heteroatoms. The maximum atomic E-state index is 5.77. The van der Waals surface area contributed by atoms with Gasteiger partial charge >= 0.3 is 0 Å². The molecule has 0 amide bonds. The lowest BCUT2D eigenvalue weighted by Gasteiger charge is -2.32. The van der Waals surface area contributed by atoms with E-state index in [0.717, 1.165) is 83.3 Å². The minimum Gasteiger partial charge on any atom is -0.494 e. The van der Waals surface area contributed by atoms with Crippen LogP contribution in [-0.2, 0) is 6.54 Å². The lowest BCUT2D eigenvalue weighted by molar-refractivity contribution is 0.211. The first-order valence-corrected chi connectivity index (χ1v) is 13.2. The fourth-order valence-corrected chi connectivity index (χ4v) is 5.63. The summed E-state index contributed by atoms with van der Waals surface area (Å²) in [6, 6.07) is 17.1. The standard InChI is InChI=1S/C30H37N5O2/c1-6-37-25-12-13-26(27(18-25)36-5)35-21(3)28-20(2)32-33-30(29(28)22(35)4)31-24-14-16-34(17-15-24)19-23-10-8-7-9-11-23/h7-13,18,24H,6,14-17,19H2,1-5H3,(H,31,33). The third kappa shape index (κ3) is 5.01. The van der Waals surface area contributed by atoms with Gasteiger partial charge in [-0.1, -0.05) is 30.3 Å². The zero-order chi connectivity index (χ0) is 25.9. The van der Waals surface area contributed by atoms with E-state index in [-0.39, 0.29) is 0 Å². The quantitative estimate of drug-likeness (QED) is 0.329. The largest absolute Gasteiger partial charge is 0.494 e. The smallest absolute Gasteiger partial charge is 0.158 e. The van der Waals surface area contributed by atoms with Crippen LogP contribution in [0.4, 0.5) is 5.82 Å². The van der Waals surface area contributed by atoms with Crippen LogP contribution >= 0.6 is 0 Å². The number of methoxy groups -OCH3 is 1. The predicted molar refractivity (Wildman–Crippen MR) is 149 cm³/mol. The van der Waals surface area contributed by atoms with Crippen LogP contribution in [0.25, 0.3) is 16.5 Å². The van der Waals surface area contributed by atoms with Gasteiger partial charge in [-0.2, -0.15) is 5.10 Å². The van der Waals surface area contributed by atoms with Gasteiger partial charge in [-0.05, 0) is 58.2 Å². The van der Waals surface area contributed by atoms with E-state index in [9.17, 15) is 0 Å². The number of anilines is 1. The van der Waals surface area contributed by atoms with Gasteiger partial charge in [-0.25, -0.2) is 0 Å². The molecule has 2 aromatic heterocycles. The van der Waals surface area contributed by atoms with Crippen LogP contribution in [0.3, 0.4) is 0 Å². The summed E-state index contributed by atoms with van der Waals surface area (Å²) in [5.41, 5.74) is 5.54. The zero-order valence-electron chi connectivity index (χ0n) is 22.5. The Hall–Kier alpha value is -3.58. The molecule has 194 valence electrons. The molecular weight excluding hydrogens is 462 g/mol. The number of likely N-dealkylation sites (tertiary alicyclic amines) is 1. The number of rotatable bonds is 8. The van der Waals surface area contributed by atoms with Crippen LogP contribution in [0.1, 0.15) is 42.4 Å². The summed E-state index contributed by atoms with van der Waals surface area (Å²) >= 11 is 0. The Kier molecular flexibility index (Phi) is 7.33. The number of fused-ring (bicyclic) bond motifs is 1. The maximum absolute atomic E-state index is 5.77. The van der Waals surface area contributed by atoms with E-state index >= 15 is 0 Å². The summed E-state index contributed by atoms with van der Waals surface area (Å²) in [6.07, 6.45) is 2.16. The summed E-state index contributed by atoms with van der Waals surface area (Å²) in [6.45, 7) is 12.1. The topological polar surface area (TPSA) is 64.4 Å². The van der Waals surface area contributed by atoms with Gasteiger partial charge in [0.25, 0.3) is 0 Å². The fourth-order valence-electron chi connectivity index (χ4n) is 5.63. The van der Waals surface area contributed by atoms with Crippen molar-refractivity contribution in [3.05, 3.63) is 71.2 Å². The molecule has 37 heavy (non-hydrogen) atoms. The molecule has 0 spiro atoms. The summed E-state index contributed by atoms with van der Waals surface area (Å²) < 4.78 is 13.7. The van der Waals surface area contributed by atoms with Gasteiger partial charge < -0.3 is 19.4 Å². The van der Waals surface area contributed by atoms with E-state index < -0.39 is 0 Å². The van der Waals surface area contributed by atoms with E-state index in [1.807, 2.05) is 26.0 Å². The number of piperidine rings is 1. The second kappa shape index (κ2) is 10.8. The van der Waals surface area contributed by atoms with Gasteiger partial charge in [0.15, 0.2) is 5.82 Å². The van der Waals surface area contributed by atoms with E-state index in [2.05, 4.69) is 75.2 Å². The number of ether oxygens (including phenoxy) is 2. The van der Waals surface area contributed by atoms with Crippen molar-refractivity contribution >= 4 is 16.6 Å². The molecule has 7 nitrogen and oxygen atoms in total. The van der Waals surface area contributed by atoms with Crippen molar-refractivity contribution in [3.8, 4) is 17.2 Å². The van der Waals surface area contributed by atoms with Crippen molar-refractivity contribution in [2.75, 3.05) is 32.1 Å². The molecule has 0 bridgehead atoms. The van der Waals surface area contributed by atoms with Crippen LogP contribution < -0.4 is 14.8 Å². The van der Waals surface area contributed by atoms with Crippen LogP contribution in [0.15, 0.2) is 48.5 Å². The van der Waals surface area contributed by atoms with Crippen LogP contribution in [0.5, 0.6) is 11.5 Å². The molecule has 0 aliphatic carbocycles. The second-order valence-electron chi connectivity index (χ2n) is 9.84. The Morgan fingerprint density at radius 2 is 1.68 bits per heavy atom. The number of nitrogens with one attached hydrogen (secondary N) is 1. The Balaban J connectivity index is 1.42. The van der Waals surface area contributed by atoms with Gasteiger partial charge in [0.1, 0.15) is 11.5 Å². The van der Waals surface area contributed by atoms with Crippen molar-refractivity contribution in [2.45, 2.75) is 53.1 Å². The summed E-state index contributed by atoms with van der Waals surface area (Å²) in [7, 11) is 1.70. The maximum Gasteiger partial charge on any atom is 0.158 e. The third-order valence-corrected chi connectivity index (χ3v) is 7.42. The van der Waals surface area contributed by atoms with E-state index in [1.165, 1.54) is 5.56 Å². The van der Waals surface area contributed by atoms with Crippen molar-refractivity contribution in [3.63, 3.8) is 0 Å². The Morgan fingerprint density at radius 3 is 2.38 bits per heavy atom. The number of hydrogen-bond acceptors (Lipinski definition) is 6. The molecule has 4 aromatic rings. The molecule has 1 aliphatic heterocycles. The molecule has 0 unspecified atom stereocenters. The lowest BCUT2D eigenvalue weighted by atomic mass is 10.0. The van der Waals surface area contributed by atoms with Gasteiger partial charge in [0, 0.05) is 53.9 Å². The Labute approximate surface area is 219 Å². The highest BCUT2D eigenvalue weighted by atomic mass is 16.5. The molecule has 0 radical (unpaired) electrons. The minimum absolute atomic E-state index is 0.371. The normalized spacial score (nSPS) is 14.7. The van der Waals surface area contributed by atoms with Gasteiger partial charge in [-0.3, -0.25) is 4.90 Å². The lowest BCUT2D eigenvalue weighted by Crippen LogP contribution is -2.38. The fraction of sp³-hybridized carbons (Fsp3) is 0.400. The Morgan fingerprint density at radius 1 is 0.946 bits per heavy atom. The van der Waals surface area contributed by atoms with E-state index in [0.29, 0.717) is 12.6 Å². The number of hydrogen-bond donors (Lipinski definition) is 1. The highest BCUT2D eigenvalue weighted by Gasteiger charge is 2.24. The first kappa shape index (κ1) is 25.1. The number of aryl methyl sites for hydroxylation is 3. The molecule has 0 saturated carbocycles. The first-order chi connectivity index (χ1) is 18.0. The average Bonchev–Trinajstić information content (AvgIpc) is 3.18. The van der Waals surface area contributed by atoms with E-state index in [1.54, 1.807) is 7.11 Å². The van der Waals surface area contributed by atoms with Crippen LogP contribution in [0.2, 0.25) is 0 Å². The monoisotopic (exact) mass is 499 g/mol. The van der Waals surface area contributed by atoms with Crippen molar-refractivity contribution in [1.82, 2.24) is 19.7 Å². The van der Waals surface area contributed by atoms with Gasteiger partial charge in [-0.15, -0.1) is 5.10 Å². The summed E-state index contributed by atoms with van der Waals surface area (Å²) in [5.74, 6) is 2.44. The number of aromatic nitrogens is 3. The second-order valence-corrected chi connectivity index (χ2v) is 9.84. The zero-order valence-corrected chi connectivity index (χ0v) is 22.5. The molecule has 1 aliphatic rings. The molecular formula is C30H37N5O2. The SMILES string of the molecule is CCOc1ccc(-n2c(C)c3c(C)nnc(NC4CCN(Cc5ccccc5)CC4)c3c2C)c(OC)c1. The number of nitrogens with zero attached hydrogens (tertiary/aromatic N) is 4. The van der Waals surface area contributed by atoms with Gasteiger partial charge in [0.2, 0.25) is 0 Å². The highest BCUT2D eigenvalue weighted by molar-refractivity contribution is 5.98. The molecule has 0 atom stereocenters.